The Bertz CT molecular complexity index is 1070. The minimum atomic E-state index is -4.49. The number of hydrogen-bond acceptors (Lipinski definition) is 8. The molecule has 1 aliphatic heterocycles. The Labute approximate surface area is 171 Å². The van der Waals surface area contributed by atoms with Crippen LogP contribution in [0.3, 0.4) is 0 Å². The molecule has 0 aliphatic carbocycles. The van der Waals surface area contributed by atoms with Crippen molar-refractivity contribution in [3.05, 3.63) is 70.3 Å². The van der Waals surface area contributed by atoms with Crippen molar-refractivity contribution in [1.82, 2.24) is 4.31 Å². The molecule has 0 saturated carbocycles. The number of rotatable bonds is 7. The Morgan fingerprint density at radius 2 is 1.77 bits per heavy atom. The summed E-state index contributed by atoms with van der Waals surface area (Å²) in [5.74, 6) is -1.49. The van der Waals surface area contributed by atoms with Crippen LogP contribution in [0.25, 0.3) is 0 Å². The zero-order chi connectivity index (χ0) is 21.9. The third-order valence-corrected chi connectivity index (χ3v) is 6.52. The van der Waals surface area contributed by atoms with Gasteiger partial charge in [0.15, 0.2) is 17.3 Å². The van der Waals surface area contributed by atoms with Crippen molar-refractivity contribution < 1.29 is 32.8 Å². The maximum Gasteiger partial charge on any atom is 0.325 e. The first-order chi connectivity index (χ1) is 14.2. The lowest BCUT2D eigenvalue weighted by molar-refractivity contribution is -0.387. The summed E-state index contributed by atoms with van der Waals surface area (Å²) in [6, 6.07) is 11.4. The summed E-state index contributed by atoms with van der Waals surface area (Å²) in [5, 5.41) is 21.2. The summed E-state index contributed by atoms with van der Waals surface area (Å²) in [7, 11) is -4.49. The van der Waals surface area contributed by atoms with Crippen molar-refractivity contribution in [3.63, 3.8) is 0 Å². The van der Waals surface area contributed by atoms with Gasteiger partial charge in [0.2, 0.25) is 0 Å². The summed E-state index contributed by atoms with van der Waals surface area (Å²) in [6.07, 6.45) is -1.41. The van der Waals surface area contributed by atoms with E-state index in [-0.39, 0.29) is 6.42 Å². The van der Waals surface area contributed by atoms with Crippen LogP contribution in [0, 0.1) is 10.1 Å². The molecule has 1 heterocycles. The first kappa shape index (κ1) is 21.6. The van der Waals surface area contributed by atoms with Crippen molar-refractivity contribution >= 4 is 27.5 Å². The second-order valence-electron chi connectivity index (χ2n) is 6.60. The fourth-order valence-electron chi connectivity index (χ4n) is 3.16. The number of benzene rings is 2. The average molecular weight is 434 g/mol. The van der Waals surface area contributed by atoms with Crippen LogP contribution in [0.15, 0.2) is 59.5 Å². The molecular formula is C19H18N2O8S. The second-order valence-corrected chi connectivity index (χ2v) is 8.46. The van der Waals surface area contributed by atoms with Crippen molar-refractivity contribution in [2.24, 2.45) is 0 Å². The highest BCUT2D eigenvalue weighted by atomic mass is 32.2. The number of nitro groups is 1. The molecule has 1 unspecified atom stereocenters. The molecule has 3 rings (SSSR count). The largest absolute Gasteiger partial charge is 0.456 e. The number of ether oxygens (including phenoxy) is 1. The lowest BCUT2D eigenvalue weighted by atomic mass is 10.1. The average Bonchev–Trinajstić information content (AvgIpc) is 3.15. The van der Waals surface area contributed by atoms with Gasteiger partial charge in [-0.05, 0) is 6.07 Å². The quantitative estimate of drug-likeness (QED) is 0.296. The summed E-state index contributed by atoms with van der Waals surface area (Å²) in [6.45, 7) is -1.03. The third-order valence-electron chi connectivity index (χ3n) is 4.60. The number of nitrogens with zero attached hydrogens (tertiary/aromatic N) is 2. The highest BCUT2D eigenvalue weighted by molar-refractivity contribution is 7.89. The lowest BCUT2D eigenvalue weighted by Crippen LogP contribution is -2.42. The molecule has 158 valence electrons. The van der Waals surface area contributed by atoms with Crippen LogP contribution >= 0.6 is 0 Å². The van der Waals surface area contributed by atoms with Crippen LogP contribution in [0.1, 0.15) is 16.8 Å². The number of Topliss-reactive ketones (excluding diaryl/α,β-unsaturated/α-hetero) is 1. The van der Waals surface area contributed by atoms with Crippen molar-refractivity contribution in [2.75, 3.05) is 13.2 Å². The third kappa shape index (κ3) is 4.37. The van der Waals surface area contributed by atoms with Gasteiger partial charge in [-0.3, -0.25) is 19.7 Å². The summed E-state index contributed by atoms with van der Waals surface area (Å²) in [4.78, 5) is 34.4. The minimum Gasteiger partial charge on any atom is -0.456 e. The first-order valence-electron chi connectivity index (χ1n) is 8.90. The zero-order valence-electron chi connectivity index (χ0n) is 15.6. The molecule has 0 spiro atoms. The molecule has 2 atom stereocenters. The van der Waals surface area contributed by atoms with E-state index in [0.717, 1.165) is 12.1 Å². The van der Waals surface area contributed by atoms with Gasteiger partial charge in [0.1, 0.15) is 6.04 Å². The van der Waals surface area contributed by atoms with Crippen LogP contribution < -0.4 is 0 Å². The summed E-state index contributed by atoms with van der Waals surface area (Å²) in [5.41, 5.74) is -0.327. The zero-order valence-corrected chi connectivity index (χ0v) is 16.4. The molecule has 0 bridgehead atoms. The van der Waals surface area contributed by atoms with E-state index < -0.39 is 62.6 Å². The van der Waals surface area contributed by atoms with Gasteiger partial charge < -0.3 is 9.84 Å². The molecule has 2 aromatic carbocycles. The van der Waals surface area contributed by atoms with E-state index in [2.05, 4.69) is 0 Å². The minimum absolute atomic E-state index is 0.252. The lowest BCUT2D eigenvalue weighted by Gasteiger charge is -2.22. The van der Waals surface area contributed by atoms with Crippen LogP contribution in [0.2, 0.25) is 0 Å². The molecule has 0 amide bonds. The molecule has 0 aromatic heterocycles. The summed E-state index contributed by atoms with van der Waals surface area (Å²) < 4.78 is 31.7. The van der Waals surface area contributed by atoms with Gasteiger partial charge in [-0.2, -0.15) is 4.31 Å². The van der Waals surface area contributed by atoms with Crippen LogP contribution in [0.5, 0.6) is 0 Å². The van der Waals surface area contributed by atoms with Crippen LogP contribution in [0.4, 0.5) is 5.69 Å². The molecule has 1 aliphatic rings. The number of carbonyl (C=O) groups excluding carboxylic acids is 2. The van der Waals surface area contributed by atoms with Crippen LogP contribution in [-0.2, 0) is 19.6 Å². The molecular weight excluding hydrogens is 416 g/mol. The Morgan fingerprint density at radius 1 is 1.13 bits per heavy atom. The van der Waals surface area contributed by atoms with Gasteiger partial charge in [-0.25, -0.2) is 8.42 Å². The van der Waals surface area contributed by atoms with E-state index in [1.807, 2.05) is 0 Å². The molecule has 10 nitrogen and oxygen atoms in total. The van der Waals surface area contributed by atoms with Gasteiger partial charge >= 0.3 is 5.97 Å². The van der Waals surface area contributed by atoms with Gasteiger partial charge in [-0.1, -0.05) is 42.5 Å². The Hall–Kier alpha value is -3.15. The van der Waals surface area contributed by atoms with Crippen molar-refractivity contribution in [3.8, 4) is 0 Å². The fourth-order valence-corrected chi connectivity index (χ4v) is 4.94. The van der Waals surface area contributed by atoms with Gasteiger partial charge in [-0.15, -0.1) is 0 Å². The number of nitro benzene ring substituents is 1. The number of esters is 1. The molecule has 1 N–H and O–H groups in total. The normalized spacial score (nSPS) is 19.4. The monoisotopic (exact) mass is 434 g/mol. The summed E-state index contributed by atoms with van der Waals surface area (Å²) >= 11 is 0. The van der Waals surface area contributed by atoms with E-state index in [1.165, 1.54) is 12.1 Å². The predicted molar refractivity (Wildman–Crippen MR) is 103 cm³/mol. The smallest absolute Gasteiger partial charge is 0.325 e. The predicted octanol–water partition coefficient (Wildman–Crippen LogP) is 1.14. The standard InChI is InChI=1S/C19H18N2O8S/c22-14-10-16(19(24)29-12-17(23)13-6-2-1-3-7-13)20(11-14)30(27,28)18-9-5-4-8-15(18)21(25)26/h1-9,14,16,22H,10-12H2/t14?,16-/m1/s1. The van der Waals surface area contributed by atoms with E-state index in [9.17, 15) is 33.2 Å². The highest BCUT2D eigenvalue weighted by Crippen LogP contribution is 2.31. The Balaban J connectivity index is 1.80. The van der Waals surface area contributed by atoms with E-state index in [1.54, 1.807) is 30.3 Å². The number of aliphatic hydroxyl groups is 1. The second kappa shape index (κ2) is 8.69. The number of hydrogen-bond donors (Lipinski definition) is 1. The maximum atomic E-state index is 13.0. The van der Waals surface area contributed by atoms with Crippen molar-refractivity contribution in [2.45, 2.75) is 23.5 Å². The number of aliphatic hydroxyl groups excluding tert-OH is 1. The topological polar surface area (TPSA) is 144 Å². The SMILES string of the molecule is O=C(COC(=O)[C@H]1CC(O)CN1S(=O)(=O)c1ccccc1[N+](=O)[O-])c1ccccc1. The number of carbonyl (C=O) groups is 2. The van der Waals surface area contributed by atoms with E-state index in [0.29, 0.717) is 9.87 Å². The Morgan fingerprint density at radius 3 is 2.43 bits per heavy atom. The molecule has 1 saturated heterocycles. The molecule has 11 heteroatoms. The number of sulfonamides is 1. The molecule has 1 fully saturated rings. The van der Waals surface area contributed by atoms with Crippen LogP contribution in [-0.4, -0.2) is 59.8 Å². The van der Waals surface area contributed by atoms with E-state index in [4.69, 9.17) is 4.74 Å². The van der Waals surface area contributed by atoms with Crippen molar-refractivity contribution in [1.29, 1.82) is 0 Å². The van der Waals surface area contributed by atoms with E-state index >= 15 is 0 Å². The Kier molecular flexibility index (Phi) is 6.25. The number of β-amino-alcohol motifs (C(OH)–C–C–N with tert-alkyl or cyclic N) is 1. The number of para-hydroxylation sites is 1. The molecule has 30 heavy (non-hydrogen) atoms. The van der Waals surface area contributed by atoms with Gasteiger partial charge in [0.05, 0.1) is 11.0 Å². The van der Waals surface area contributed by atoms with Gasteiger partial charge in [0, 0.05) is 24.6 Å². The highest BCUT2D eigenvalue weighted by Gasteiger charge is 2.46. The fraction of sp³-hybridized carbons (Fsp3) is 0.263. The first-order valence-corrected chi connectivity index (χ1v) is 10.3. The van der Waals surface area contributed by atoms with Gasteiger partial charge in [0.25, 0.3) is 15.7 Å². The molecule has 0 radical (unpaired) electrons. The maximum absolute atomic E-state index is 13.0. The number of ketones is 1. The molecule has 2 aromatic rings.